The van der Waals surface area contributed by atoms with Crippen LogP contribution in [0.3, 0.4) is 0 Å². The molecular formula is C10H14O3. The lowest BCUT2D eigenvalue weighted by atomic mass is 9.90. The van der Waals surface area contributed by atoms with Gasteiger partial charge in [-0.15, -0.1) is 0 Å². The summed E-state index contributed by atoms with van der Waals surface area (Å²) in [7, 11) is 0. The molecule has 2 saturated carbocycles. The van der Waals surface area contributed by atoms with Gasteiger partial charge >= 0.3 is 5.97 Å². The lowest BCUT2D eigenvalue weighted by Crippen LogP contribution is -2.24. The van der Waals surface area contributed by atoms with Gasteiger partial charge in [0.1, 0.15) is 11.7 Å². The minimum atomic E-state index is -0.918. The predicted octanol–water partition coefficient (Wildman–Crippen LogP) is 1.61. The molecule has 2 fully saturated rings. The van der Waals surface area contributed by atoms with E-state index < -0.39 is 11.9 Å². The van der Waals surface area contributed by atoms with Gasteiger partial charge in [0.2, 0.25) is 0 Å². The van der Waals surface area contributed by atoms with Crippen LogP contribution in [0.5, 0.6) is 0 Å². The molecule has 13 heavy (non-hydrogen) atoms. The molecule has 3 heteroatoms. The summed E-state index contributed by atoms with van der Waals surface area (Å²) in [5.74, 6) is -1.68. The van der Waals surface area contributed by atoms with E-state index in [4.69, 9.17) is 5.11 Å². The second-order valence-electron chi connectivity index (χ2n) is 4.41. The first-order valence-corrected chi connectivity index (χ1v) is 4.89. The van der Waals surface area contributed by atoms with Crippen LogP contribution in [0.2, 0.25) is 0 Å². The molecule has 0 bridgehead atoms. The average Bonchev–Trinajstić information content (AvgIpc) is 2.82. The number of carbonyl (C=O) groups excluding carboxylic acids is 1. The van der Waals surface area contributed by atoms with Crippen molar-refractivity contribution in [1.82, 2.24) is 0 Å². The van der Waals surface area contributed by atoms with Crippen LogP contribution in [0.4, 0.5) is 0 Å². The highest BCUT2D eigenvalue weighted by molar-refractivity contribution is 5.98. The number of hydrogen-bond donors (Lipinski definition) is 1. The molecule has 0 saturated heterocycles. The Hall–Kier alpha value is -0.860. The van der Waals surface area contributed by atoms with Crippen molar-refractivity contribution in [3.63, 3.8) is 0 Å². The van der Waals surface area contributed by atoms with Crippen LogP contribution in [0.1, 0.15) is 38.5 Å². The van der Waals surface area contributed by atoms with E-state index in [0.717, 1.165) is 25.7 Å². The zero-order chi connectivity index (χ0) is 9.47. The maximum Gasteiger partial charge on any atom is 0.314 e. The summed E-state index contributed by atoms with van der Waals surface area (Å²) < 4.78 is 0. The molecule has 0 heterocycles. The zero-order valence-electron chi connectivity index (χ0n) is 7.58. The molecule has 1 N–H and O–H groups in total. The number of carbonyl (C=O) groups is 2. The Morgan fingerprint density at radius 2 is 2.08 bits per heavy atom. The molecule has 72 valence electrons. The number of carboxylic acids is 1. The Labute approximate surface area is 77.1 Å². The number of carboxylic acid groups (broad SMARTS) is 1. The summed E-state index contributed by atoms with van der Waals surface area (Å²) in [6.07, 6.45) is 5.28. The Bertz CT molecular complexity index is 253. The smallest absolute Gasteiger partial charge is 0.314 e. The number of aliphatic carboxylic acids is 1. The minimum absolute atomic E-state index is 0.0590. The monoisotopic (exact) mass is 182 g/mol. The first-order chi connectivity index (χ1) is 6.13. The van der Waals surface area contributed by atoms with E-state index in [1.54, 1.807) is 0 Å². The van der Waals surface area contributed by atoms with E-state index >= 15 is 0 Å². The molecule has 0 aliphatic heterocycles. The second-order valence-corrected chi connectivity index (χ2v) is 4.41. The van der Waals surface area contributed by atoms with Crippen LogP contribution in [-0.2, 0) is 9.59 Å². The van der Waals surface area contributed by atoms with E-state index in [9.17, 15) is 9.59 Å². The maximum atomic E-state index is 11.4. The predicted molar refractivity (Wildman–Crippen MR) is 46.3 cm³/mol. The van der Waals surface area contributed by atoms with Crippen molar-refractivity contribution in [3.8, 4) is 0 Å². The number of hydrogen-bond acceptors (Lipinski definition) is 2. The molecule has 0 radical (unpaired) electrons. The largest absolute Gasteiger partial charge is 0.481 e. The van der Waals surface area contributed by atoms with Gasteiger partial charge in [-0.2, -0.15) is 0 Å². The lowest BCUT2D eigenvalue weighted by Gasteiger charge is -2.13. The van der Waals surface area contributed by atoms with E-state index in [0.29, 0.717) is 12.8 Å². The van der Waals surface area contributed by atoms with Gasteiger partial charge in [-0.25, -0.2) is 0 Å². The molecule has 0 amide bonds. The molecule has 0 unspecified atom stereocenters. The van der Waals surface area contributed by atoms with E-state index in [-0.39, 0.29) is 11.2 Å². The van der Waals surface area contributed by atoms with Crippen molar-refractivity contribution in [2.45, 2.75) is 38.5 Å². The molecule has 1 atom stereocenters. The molecule has 2 aliphatic carbocycles. The summed E-state index contributed by atoms with van der Waals surface area (Å²) >= 11 is 0. The van der Waals surface area contributed by atoms with Crippen molar-refractivity contribution >= 4 is 11.8 Å². The van der Waals surface area contributed by atoms with E-state index in [2.05, 4.69) is 0 Å². The molecule has 0 aromatic carbocycles. The topological polar surface area (TPSA) is 54.4 Å². The zero-order valence-corrected chi connectivity index (χ0v) is 7.58. The summed E-state index contributed by atoms with van der Waals surface area (Å²) in [5, 5.41) is 8.87. The van der Waals surface area contributed by atoms with Gasteiger partial charge in [-0.3, -0.25) is 9.59 Å². The summed E-state index contributed by atoms with van der Waals surface area (Å²) in [4.78, 5) is 22.2. The van der Waals surface area contributed by atoms with Crippen LogP contribution in [0, 0.1) is 11.3 Å². The highest BCUT2D eigenvalue weighted by Crippen LogP contribution is 2.55. The van der Waals surface area contributed by atoms with Gasteiger partial charge < -0.3 is 5.11 Å². The Kier molecular flexibility index (Phi) is 1.90. The van der Waals surface area contributed by atoms with Crippen molar-refractivity contribution in [2.24, 2.45) is 11.3 Å². The van der Waals surface area contributed by atoms with Gasteiger partial charge in [0.15, 0.2) is 0 Å². The third-order valence-electron chi connectivity index (χ3n) is 3.41. The second kappa shape index (κ2) is 2.82. The lowest BCUT2D eigenvalue weighted by molar-refractivity contribution is -0.146. The first-order valence-electron chi connectivity index (χ1n) is 4.89. The van der Waals surface area contributed by atoms with Crippen LogP contribution in [-0.4, -0.2) is 16.9 Å². The Morgan fingerprint density at radius 1 is 1.38 bits per heavy atom. The van der Waals surface area contributed by atoms with Crippen molar-refractivity contribution in [1.29, 1.82) is 0 Å². The van der Waals surface area contributed by atoms with Gasteiger partial charge in [-0.1, -0.05) is 0 Å². The summed E-state index contributed by atoms with van der Waals surface area (Å²) in [6, 6.07) is 0. The average molecular weight is 182 g/mol. The third kappa shape index (κ3) is 1.60. The number of Topliss-reactive ketones (excluding diaryl/α,β-unsaturated/α-hetero) is 1. The van der Waals surface area contributed by atoms with Crippen LogP contribution in [0.25, 0.3) is 0 Å². The maximum absolute atomic E-state index is 11.4. The van der Waals surface area contributed by atoms with Crippen molar-refractivity contribution in [2.75, 3.05) is 0 Å². The molecular weight excluding hydrogens is 168 g/mol. The molecule has 3 nitrogen and oxygen atoms in total. The van der Waals surface area contributed by atoms with Crippen molar-refractivity contribution in [3.05, 3.63) is 0 Å². The fourth-order valence-electron chi connectivity index (χ4n) is 2.32. The summed E-state index contributed by atoms with van der Waals surface area (Å²) in [5.41, 5.74) is 0.245. The Morgan fingerprint density at radius 3 is 2.62 bits per heavy atom. The first kappa shape index (κ1) is 8.73. The quantitative estimate of drug-likeness (QED) is 0.627. The number of rotatable bonds is 1. The van der Waals surface area contributed by atoms with Crippen molar-refractivity contribution < 1.29 is 14.7 Å². The normalized spacial score (nSPS) is 31.4. The standard InChI is InChI=1S/C10H14O3/c11-8-2-1-3-10(4-5-10)6-7(8)9(12)13/h7H,1-6H2,(H,12,13)/t7-/m0/s1. The molecule has 0 aromatic rings. The van der Waals surface area contributed by atoms with Gasteiger partial charge in [0.05, 0.1) is 0 Å². The third-order valence-corrected chi connectivity index (χ3v) is 3.41. The van der Waals surface area contributed by atoms with Gasteiger partial charge in [0, 0.05) is 6.42 Å². The molecule has 0 aromatic heterocycles. The fraction of sp³-hybridized carbons (Fsp3) is 0.800. The Balaban J connectivity index is 2.13. The van der Waals surface area contributed by atoms with Crippen LogP contribution >= 0.6 is 0 Å². The van der Waals surface area contributed by atoms with E-state index in [1.165, 1.54) is 0 Å². The van der Waals surface area contributed by atoms with Gasteiger partial charge in [-0.05, 0) is 37.5 Å². The number of ketones is 1. The fourth-order valence-corrected chi connectivity index (χ4v) is 2.32. The van der Waals surface area contributed by atoms with Crippen LogP contribution < -0.4 is 0 Å². The van der Waals surface area contributed by atoms with Crippen LogP contribution in [0.15, 0.2) is 0 Å². The van der Waals surface area contributed by atoms with Gasteiger partial charge in [0.25, 0.3) is 0 Å². The molecule has 2 rings (SSSR count). The highest BCUT2D eigenvalue weighted by atomic mass is 16.4. The molecule has 2 aliphatic rings. The summed E-state index contributed by atoms with van der Waals surface area (Å²) in [6.45, 7) is 0. The van der Waals surface area contributed by atoms with E-state index in [1.807, 2.05) is 0 Å². The SMILES string of the molecule is O=C(O)[C@H]1CC2(CCCC1=O)CC2. The highest BCUT2D eigenvalue weighted by Gasteiger charge is 2.48. The minimum Gasteiger partial charge on any atom is -0.481 e. The molecule has 1 spiro atoms.